The molecule has 14 heavy (non-hydrogen) atoms. The van der Waals surface area contributed by atoms with E-state index in [9.17, 15) is 9.59 Å². The second-order valence-corrected chi connectivity index (χ2v) is 3.74. The number of hydrogen-bond donors (Lipinski definition) is 3. The molecule has 0 aliphatic heterocycles. The zero-order chi connectivity index (χ0) is 11.4. The van der Waals surface area contributed by atoms with Crippen LogP contribution >= 0.6 is 0 Å². The molecule has 1 unspecified atom stereocenters. The molecule has 6 heteroatoms. The van der Waals surface area contributed by atoms with E-state index < -0.39 is 23.8 Å². The Morgan fingerprint density at radius 3 is 2.29 bits per heavy atom. The number of aliphatic hydroxyl groups excluding tert-OH is 1. The van der Waals surface area contributed by atoms with E-state index in [2.05, 4.69) is 5.32 Å². The molecule has 0 aromatic carbocycles. The number of ether oxygens (including phenoxy) is 1. The van der Waals surface area contributed by atoms with Crippen molar-refractivity contribution in [3.05, 3.63) is 0 Å². The van der Waals surface area contributed by atoms with E-state index in [0.29, 0.717) is 0 Å². The SMILES string of the molecule is CC(C)(C)OC(=O)NCC(O)C(=O)O. The zero-order valence-electron chi connectivity index (χ0n) is 8.40. The fourth-order valence-electron chi connectivity index (χ4n) is 0.581. The molecule has 0 fully saturated rings. The highest BCUT2D eigenvalue weighted by atomic mass is 16.6. The molecule has 0 spiro atoms. The Morgan fingerprint density at radius 1 is 1.43 bits per heavy atom. The molecule has 3 N–H and O–H groups in total. The first-order valence-corrected chi connectivity index (χ1v) is 4.10. The molecular formula is C8H15NO5. The van der Waals surface area contributed by atoms with E-state index >= 15 is 0 Å². The Hall–Kier alpha value is -1.30. The van der Waals surface area contributed by atoms with Crippen LogP contribution in [-0.4, -0.2) is 40.5 Å². The van der Waals surface area contributed by atoms with E-state index in [1.807, 2.05) is 0 Å². The van der Waals surface area contributed by atoms with Crippen LogP contribution in [0.4, 0.5) is 4.79 Å². The van der Waals surface area contributed by atoms with Crippen molar-refractivity contribution in [1.29, 1.82) is 0 Å². The Labute approximate surface area is 81.9 Å². The molecule has 0 radical (unpaired) electrons. The predicted molar refractivity (Wildman–Crippen MR) is 47.9 cm³/mol. The number of alkyl carbamates (subject to hydrolysis) is 1. The molecule has 0 saturated heterocycles. The Kier molecular flexibility index (Phi) is 4.36. The average Bonchev–Trinajstić information content (AvgIpc) is 1.96. The summed E-state index contributed by atoms with van der Waals surface area (Å²) in [4.78, 5) is 21.1. The third-order valence-electron chi connectivity index (χ3n) is 1.12. The summed E-state index contributed by atoms with van der Waals surface area (Å²) < 4.78 is 4.81. The minimum Gasteiger partial charge on any atom is -0.479 e. The summed E-state index contributed by atoms with van der Waals surface area (Å²) in [6, 6.07) is 0. The quantitative estimate of drug-likeness (QED) is 0.600. The van der Waals surface area contributed by atoms with Crippen LogP contribution in [0.3, 0.4) is 0 Å². The lowest BCUT2D eigenvalue weighted by atomic mass is 10.2. The van der Waals surface area contributed by atoms with Crippen LogP contribution in [0.25, 0.3) is 0 Å². The summed E-state index contributed by atoms with van der Waals surface area (Å²) in [6.45, 7) is 4.67. The normalized spacial score (nSPS) is 13.1. The molecule has 0 heterocycles. The standard InChI is InChI=1S/C8H15NO5/c1-8(2,3)14-7(13)9-4-5(10)6(11)12/h5,10H,4H2,1-3H3,(H,9,13)(H,11,12). The summed E-state index contributed by atoms with van der Waals surface area (Å²) in [5, 5.41) is 19.2. The van der Waals surface area contributed by atoms with E-state index in [0.717, 1.165) is 0 Å². The molecule has 1 amide bonds. The van der Waals surface area contributed by atoms with Gasteiger partial charge in [0.25, 0.3) is 0 Å². The summed E-state index contributed by atoms with van der Waals surface area (Å²) in [5.74, 6) is -1.39. The maximum atomic E-state index is 10.9. The molecule has 0 saturated carbocycles. The van der Waals surface area contributed by atoms with Crippen LogP contribution in [0.1, 0.15) is 20.8 Å². The summed E-state index contributed by atoms with van der Waals surface area (Å²) in [7, 11) is 0. The van der Waals surface area contributed by atoms with Crippen LogP contribution in [0.5, 0.6) is 0 Å². The van der Waals surface area contributed by atoms with E-state index in [1.165, 1.54) is 0 Å². The third kappa shape index (κ3) is 6.24. The third-order valence-corrected chi connectivity index (χ3v) is 1.12. The largest absolute Gasteiger partial charge is 0.479 e. The van der Waals surface area contributed by atoms with Crippen LogP contribution in [0.2, 0.25) is 0 Å². The minimum atomic E-state index is -1.61. The number of carbonyl (C=O) groups excluding carboxylic acids is 1. The number of carbonyl (C=O) groups is 2. The van der Waals surface area contributed by atoms with Gasteiger partial charge in [-0.25, -0.2) is 9.59 Å². The smallest absolute Gasteiger partial charge is 0.407 e. The molecule has 0 rings (SSSR count). The number of hydrogen-bond acceptors (Lipinski definition) is 4. The highest BCUT2D eigenvalue weighted by Crippen LogP contribution is 2.06. The van der Waals surface area contributed by atoms with Crippen LogP contribution < -0.4 is 5.32 Å². The summed E-state index contributed by atoms with van der Waals surface area (Å²) in [6.07, 6.45) is -2.36. The second-order valence-electron chi connectivity index (χ2n) is 3.74. The highest BCUT2D eigenvalue weighted by molar-refractivity contribution is 5.74. The summed E-state index contributed by atoms with van der Waals surface area (Å²) >= 11 is 0. The molecular weight excluding hydrogens is 190 g/mol. The molecule has 0 bridgehead atoms. The van der Waals surface area contributed by atoms with Gasteiger partial charge in [-0.05, 0) is 20.8 Å². The van der Waals surface area contributed by atoms with Crippen molar-refractivity contribution >= 4 is 12.1 Å². The molecule has 0 aliphatic rings. The number of amides is 1. The van der Waals surface area contributed by atoms with Gasteiger partial charge in [0.05, 0.1) is 6.54 Å². The number of carboxylic acid groups (broad SMARTS) is 1. The van der Waals surface area contributed by atoms with Crippen molar-refractivity contribution in [2.75, 3.05) is 6.54 Å². The average molecular weight is 205 g/mol. The molecule has 0 aromatic heterocycles. The molecule has 1 atom stereocenters. The van der Waals surface area contributed by atoms with Crippen molar-refractivity contribution in [2.45, 2.75) is 32.5 Å². The van der Waals surface area contributed by atoms with Gasteiger partial charge in [-0.2, -0.15) is 0 Å². The number of aliphatic carboxylic acids is 1. The molecule has 6 nitrogen and oxygen atoms in total. The Balaban J connectivity index is 3.81. The van der Waals surface area contributed by atoms with Gasteiger partial charge in [0.15, 0.2) is 6.10 Å². The lowest BCUT2D eigenvalue weighted by Crippen LogP contribution is -2.39. The lowest BCUT2D eigenvalue weighted by molar-refractivity contribution is -0.146. The highest BCUT2D eigenvalue weighted by Gasteiger charge is 2.18. The maximum absolute atomic E-state index is 10.9. The Bertz CT molecular complexity index is 220. The van der Waals surface area contributed by atoms with Crippen LogP contribution in [-0.2, 0) is 9.53 Å². The number of nitrogens with one attached hydrogen (secondary N) is 1. The number of aliphatic hydroxyl groups is 1. The van der Waals surface area contributed by atoms with Gasteiger partial charge < -0.3 is 20.3 Å². The van der Waals surface area contributed by atoms with Crippen molar-refractivity contribution in [2.24, 2.45) is 0 Å². The minimum absolute atomic E-state index is 0.371. The van der Waals surface area contributed by atoms with E-state index in [4.69, 9.17) is 14.9 Å². The van der Waals surface area contributed by atoms with E-state index in [1.54, 1.807) is 20.8 Å². The fourth-order valence-corrected chi connectivity index (χ4v) is 0.581. The summed E-state index contributed by atoms with van der Waals surface area (Å²) in [5.41, 5.74) is -0.641. The fraction of sp³-hybridized carbons (Fsp3) is 0.750. The molecule has 82 valence electrons. The van der Waals surface area contributed by atoms with Gasteiger partial charge in [0.2, 0.25) is 0 Å². The van der Waals surface area contributed by atoms with Gasteiger partial charge in [-0.15, -0.1) is 0 Å². The van der Waals surface area contributed by atoms with Gasteiger partial charge in [-0.3, -0.25) is 0 Å². The number of rotatable bonds is 3. The first-order valence-electron chi connectivity index (χ1n) is 4.10. The van der Waals surface area contributed by atoms with Gasteiger partial charge in [0.1, 0.15) is 5.60 Å². The zero-order valence-corrected chi connectivity index (χ0v) is 8.40. The van der Waals surface area contributed by atoms with Crippen LogP contribution in [0, 0.1) is 0 Å². The predicted octanol–water partition coefficient (Wildman–Crippen LogP) is -0.0434. The second kappa shape index (κ2) is 4.80. The van der Waals surface area contributed by atoms with Gasteiger partial charge in [0, 0.05) is 0 Å². The monoisotopic (exact) mass is 205 g/mol. The van der Waals surface area contributed by atoms with Crippen molar-refractivity contribution in [1.82, 2.24) is 5.32 Å². The van der Waals surface area contributed by atoms with Gasteiger partial charge >= 0.3 is 12.1 Å². The van der Waals surface area contributed by atoms with Crippen molar-refractivity contribution in [3.8, 4) is 0 Å². The topological polar surface area (TPSA) is 95.9 Å². The molecule has 0 aromatic rings. The first-order chi connectivity index (χ1) is 6.22. The number of carboxylic acids is 1. The first kappa shape index (κ1) is 12.7. The maximum Gasteiger partial charge on any atom is 0.407 e. The lowest BCUT2D eigenvalue weighted by Gasteiger charge is -2.19. The van der Waals surface area contributed by atoms with Crippen molar-refractivity contribution < 1.29 is 24.5 Å². The Morgan fingerprint density at radius 2 is 1.93 bits per heavy atom. The van der Waals surface area contributed by atoms with Crippen LogP contribution in [0.15, 0.2) is 0 Å². The van der Waals surface area contributed by atoms with Gasteiger partial charge in [-0.1, -0.05) is 0 Å². The van der Waals surface area contributed by atoms with Crippen molar-refractivity contribution in [3.63, 3.8) is 0 Å². The molecule has 0 aliphatic carbocycles. The van der Waals surface area contributed by atoms with E-state index in [-0.39, 0.29) is 6.54 Å².